The van der Waals surface area contributed by atoms with E-state index in [9.17, 15) is 8.42 Å². The molecule has 0 bridgehead atoms. The molecule has 0 aliphatic heterocycles. The standard InChI is InChI=1S/C20H21N3O2S/c1-14-6-2-3-11-20(14)26(24,25)23-18-10-5-7-15-16(18)8-4-9-17(15)19-12-21-13-22-19/h2-3,5-7,10-13,17,23H,4,8-9H2,1H3,(H,21,22). The molecular formula is C20H21N3O2S. The van der Waals surface area contributed by atoms with E-state index in [4.69, 9.17) is 0 Å². The molecule has 0 saturated heterocycles. The lowest BCUT2D eigenvalue weighted by atomic mass is 9.80. The molecular weight excluding hydrogens is 346 g/mol. The van der Waals surface area contributed by atoms with Gasteiger partial charge in [0.05, 0.1) is 16.9 Å². The highest BCUT2D eigenvalue weighted by Crippen LogP contribution is 2.39. The zero-order valence-corrected chi connectivity index (χ0v) is 15.4. The maximum Gasteiger partial charge on any atom is 0.262 e. The van der Waals surface area contributed by atoms with Crippen molar-refractivity contribution in [2.75, 3.05) is 4.72 Å². The van der Waals surface area contributed by atoms with Crippen LogP contribution in [0.1, 0.15) is 41.1 Å². The Morgan fingerprint density at radius 3 is 2.77 bits per heavy atom. The van der Waals surface area contributed by atoms with Gasteiger partial charge >= 0.3 is 0 Å². The number of anilines is 1. The Bertz CT molecular complexity index is 1030. The van der Waals surface area contributed by atoms with Gasteiger partial charge in [-0.1, -0.05) is 30.3 Å². The molecule has 1 heterocycles. The van der Waals surface area contributed by atoms with E-state index in [2.05, 4.69) is 20.8 Å². The molecule has 1 aliphatic rings. The number of hydrogen-bond donors (Lipinski definition) is 2. The first kappa shape index (κ1) is 16.8. The van der Waals surface area contributed by atoms with Gasteiger partial charge in [0.1, 0.15) is 0 Å². The van der Waals surface area contributed by atoms with Crippen LogP contribution in [0.25, 0.3) is 0 Å². The Morgan fingerprint density at radius 1 is 1.15 bits per heavy atom. The Kier molecular flexibility index (Phi) is 4.28. The third kappa shape index (κ3) is 3.01. The highest BCUT2D eigenvalue weighted by atomic mass is 32.2. The summed E-state index contributed by atoms with van der Waals surface area (Å²) < 4.78 is 28.6. The molecule has 0 spiro atoms. The Labute approximate surface area is 153 Å². The molecule has 5 nitrogen and oxygen atoms in total. The van der Waals surface area contributed by atoms with E-state index >= 15 is 0 Å². The molecule has 6 heteroatoms. The van der Waals surface area contributed by atoms with Gasteiger partial charge < -0.3 is 4.98 Å². The minimum absolute atomic E-state index is 0.226. The lowest BCUT2D eigenvalue weighted by molar-refractivity contribution is 0.598. The lowest BCUT2D eigenvalue weighted by Gasteiger charge is -2.27. The van der Waals surface area contributed by atoms with Crippen LogP contribution in [0.4, 0.5) is 5.69 Å². The second-order valence-corrected chi connectivity index (χ2v) is 8.35. The van der Waals surface area contributed by atoms with Gasteiger partial charge in [-0.2, -0.15) is 0 Å². The zero-order valence-electron chi connectivity index (χ0n) is 14.6. The summed E-state index contributed by atoms with van der Waals surface area (Å²) >= 11 is 0. The summed E-state index contributed by atoms with van der Waals surface area (Å²) in [7, 11) is -3.62. The molecule has 2 N–H and O–H groups in total. The molecule has 134 valence electrons. The summed E-state index contributed by atoms with van der Waals surface area (Å²) in [6.45, 7) is 1.81. The molecule has 3 aromatic rings. The molecule has 0 radical (unpaired) electrons. The van der Waals surface area contributed by atoms with Gasteiger partial charge in [0, 0.05) is 17.8 Å². The van der Waals surface area contributed by atoms with Gasteiger partial charge in [-0.3, -0.25) is 4.72 Å². The van der Waals surface area contributed by atoms with Gasteiger partial charge in [0.15, 0.2) is 0 Å². The predicted molar refractivity (Wildman–Crippen MR) is 102 cm³/mol. The first-order valence-corrected chi connectivity index (χ1v) is 10.2. The van der Waals surface area contributed by atoms with Crippen molar-refractivity contribution in [3.63, 3.8) is 0 Å². The van der Waals surface area contributed by atoms with Crippen LogP contribution < -0.4 is 4.72 Å². The number of H-pyrrole nitrogens is 1. The number of nitrogens with one attached hydrogen (secondary N) is 2. The second-order valence-electron chi connectivity index (χ2n) is 6.70. The third-order valence-corrected chi connectivity index (χ3v) is 6.56. The van der Waals surface area contributed by atoms with Crippen molar-refractivity contribution in [1.29, 1.82) is 0 Å². The monoisotopic (exact) mass is 367 g/mol. The molecule has 1 aliphatic carbocycles. The maximum absolute atomic E-state index is 12.9. The van der Waals surface area contributed by atoms with Crippen molar-refractivity contribution in [1.82, 2.24) is 9.97 Å². The van der Waals surface area contributed by atoms with Crippen molar-refractivity contribution < 1.29 is 8.42 Å². The smallest absolute Gasteiger partial charge is 0.262 e. The number of hydrogen-bond acceptors (Lipinski definition) is 3. The summed E-state index contributed by atoms with van der Waals surface area (Å²) in [5.74, 6) is 0.226. The average Bonchev–Trinajstić information content (AvgIpc) is 3.16. The third-order valence-electron chi connectivity index (χ3n) is 5.03. The summed E-state index contributed by atoms with van der Waals surface area (Å²) in [6.07, 6.45) is 6.45. The fraction of sp³-hybridized carbons (Fsp3) is 0.250. The van der Waals surface area contributed by atoms with Crippen molar-refractivity contribution in [2.24, 2.45) is 0 Å². The van der Waals surface area contributed by atoms with Gasteiger partial charge in [-0.25, -0.2) is 13.4 Å². The number of sulfonamides is 1. The van der Waals surface area contributed by atoms with Crippen molar-refractivity contribution in [2.45, 2.75) is 37.0 Å². The van der Waals surface area contributed by atoms with E-state index in [1.807, 2.05) is 37.4 Å². The average molecular weight is 367 g/mol. The number of benzene rings is 2. The van der Waals surface area contributed by atoms with E-state index in [1.54, 1.807) is 18.5 Å². The highest BCUT2D eigenvalue weighted by molar-refractivity contribution is 7.92. The first-order valence-electron chi connectivity index (χ1n) is 8.75. The predicted octanol–water partition coefficient (Wildman–Crippen LogP) is 3.99. The zero-order chi connectivity index (χ0) is 18.1. The van der Waals surface area contributed by atoms with Crippen LogP contribution in [-0.4, -0.2) is 18.4 Å². The maximum atomic E-state index is 12.9. The van der Waals surface area contributed by atoms with Crippen molar-refractivity contribution in [3.8, 4) is 0 Å². The van der Waals surface area contributed by atoms with Crippen LogP contribution in [-0.2, 0) is 16.4 Å². The van der Waals surface area contributed by atoms with Crippen LogP contribution in [0.5, 0.6) is 0 Å². The van der Waals surface area contributed by atoms with E-state index in [0.29, 0.717) is 10.6 Å². The lowest BCUT2D eigenvalue weighted by Crippen LogP contribution is -2.18. The summed E-state index contributed by atoms with van der Waals surface area (Å²) in [4.78, 5) is 7.65. The SMILES string of the molecule is Cc1ccccc1S(=O)(=O)Nc1cccc2c1CCCC2c1cnc[nH]1. The molecule has 0 saturated carbocycles. The summed E-state index contributed by atoms with van der Waals surface area (Å²) in [5, 5.41) is 0. The largest absolute Gasteiger partial charge is 0.348 e. The molecule has 1 aromatic heterocycles. The van der Waals surface area contributed by atoms with Crippen LogP contribution in [0.15, 0.2) is 59.9 Å². The fourth-order valence-electron chi connectivity index (χ4n) is 3.78. The Balaban J connectivity index is 1.73. The van der Waals surface area contributed by atoms with Crippen molar-refractivity contribution >= 4 is 15.7 Å². The topological polar surface area (TPSA) is 74.8 Å². The molecule has 1 atom stereocenters. The minimum Gasteiger partial charge on any atom is -0.348 e. The van der Waals surface area contributed by atoms with E-state index < -0.39 is 10.0 Å². The molecule has 4 rings (SSSR count). The van der Waals surface area contributed by atoms with Gasteiger partial charge in [-0.05, 0) is 55.0 Å². The number of nitrogens with zero attached hydrogens (tertiary/aromatic N) is 1. The fourth-order valence-corrected chi connectivity index (χ4v) is 5.12. The molecule has 0 amide bonds. The van der Waals surface area contributed by atoms with E-state index in [1.165, 1.54) is 5.56 Å². The highest BCUT2D eigenvalue weighted by Gasteiger charge is 2.26. The minimum atomic E-state index is -3.62. The number of rotatable bonds is 4. The second kappa shape index (κ2) is 6.61. The Hall–Kier alpha value is -2.60. The number of aromatic nitrogens is 2. The van der Waals surface area contributed by atoms with Crippen LogP contribution >= 0.6 is 0 Å². The van der Waals surface area contributed by atoms with Gasteiger partial charge in [-0.15, -0.1) is 0 Å². The molecule has 1 unspecified atom stereocenters. The van der Waals surface area contributed by atoms with Crippen LogP contribution in [0.3, 0.4) is 0 Å². The Morgan fingerprint density at radius 2 is 2.00 bits per heavy atom. The molecule has 26 heavy (non-hydrogen) atoms. The normalized spacial score (nSPS) is 16.9. The van der Waals surface area contributed by atoms with E-state index in [-0.39, 0.29) is 5.92 Å². The van der Waals surface area contributed by atoms with Crippen molar-refractivity contribution in [3.05, 3.63) is 77.4 Å². The summed E-state index contributed by atoms with van der Waals surface area (Å²) in [5.41, 5.74) is 4.74. The number of fused-ring (bicyclic) bond motifs is 1. The quantitative estimate of drug-likeness (QED) is 0.732. The van der Waals surface area contributed by atoms with E-state index in [0.717, 1.165) is 36.1 Å². The number of aromatic amines is 1. The molecule has 0 fully saturated rings. The number of aryl methyl sites for hydroxylation is 1. The van der Waals surface area contributed by atoms with Crippen LogP contribution in [0.2, 0.25) is 0 Å². The summed E-state index contributed by atoms with van der Waals surface area (Å²) in [6, 6.07) is 12.9. The number of imidazole rings is 1. The first-order chi connectivity index (χ1) is 12.6. The molecule has 2 aromatic carbocycles. The van der Waals surface area contributed by atoms with Crippen LogP contribution in [0, 0.1) is 6.92 Å². The van der Waals surface area contributed by atoms with Gasteiger partial charge in [0.25, 0.3) is 10.0 Å². The van der Waals surface area contributed by atoms with Gasteiger partial charge in [0.2, 0.25) is 0 Å².